The Labute approximate surface area is 153 Å². The van der Waals surface area contributed by atoms with Gasteiger partial charge in [0, 0.05) is 39.2 Å². The molecule has 2 aromatic rings. The second-order valence-electron chi connectivity index (χ2n) is 8.19. The van der Waals surface area contributed by atoms with Gasteiger partial charge >= 0.3 is 0 Å². The fourth-order valence-corrected chi connectivity index (χ4v) is 4.89. The number of hydrogen-bond acceptors (Lipinski definition) is 4. The van der Waals surface area contributed by atoms with E-state index in [1.165, 1.54) is 0 Å². The van der Waals surface area contributed by atoms with Gasteiger partial charge in [0.25, 0.3) is 0 Å². The van der Waals surface area contributed by atoms with E-state index < -0.39 is 5.41 Å². The van der Waals surface area contributed by atoms with Crippen molar-refractivity contribution in [3.63, 3.8) is 0 Å². The molecule has 25 heavy (non-hydrogen) atoms. The van der Waals surface area contributed by atoms with Gasteiger partial charge in [-0.25, -0.2) is 0 Å². The smallest absolute Gasteiger partial charge is 0.141 e. The quantitative estimate of drug-likeness (QED) is 0.746. The van der Waals surface area contributed by atoms with Crippen LogP contribution >= 0.6 is 11.6 Å². The van der Waals surface area contributed by atoms with Gasteiger partial charge in [-0.1, -0.05) is 30.6 Å². The second-order valence-corrected chi connectivity index (χ2v) is 8.56. The molecule has 0 saturated carbocycles. The average Bonchev–Trinajstić information content (AvgIpc) is 2.80. The molecule has 0 fully saturated rings. The summed E-state index contributed by atoms with van der Waals surface area (Å²) in [6, 6.07) is 2.08. The maximum absolute atomic E-state index is 11.9. The Morgan fingerprint density at radius 2 is 1.88 bits per heavy atom. The Bertz CT molecular complexity index is 846. The Balaban J connectivity index is 2.36. The minimum Gasteiger partial charge on any atom is -0.379 e. The van der Waals surface area contributed by atoms with Crippen molar-refractivity contribution in [2.45, 2.75) is 59.4 Å². The molecule has 0 amide bonds. The van der Waals surface area contributed by atoms with E-state index in [0.717, 1.165) is 45.7 Å². The maximum Gasteiger partial charge on any atom is 0.141 e. The molecule has 1 aliphatic rings. The fourth-order valence-electron chi connectivity index (χ4n) is 4.41. The van der Waals surface area contributed by atoms with Crippen molar-refractivity contribution >= 4 is 23.6 Å². The summed E-state index contributed by atoms with van der Waals surface area (Å²) in [6.07, 6.45) is 1.05. The number of halogens is 1. The third-order valence-corrected chi connectivity index (χ3v) is 5.94. The molecule has 134 valence electrons. The summed E-state index contributed by atoms with van der Waals surface area (Å²) >= 11 is 6.91. The first-order valence-corrected chi connectivity index (χ1v) is 8.90. The number of fused-ring (bicyclic) bond motifs is 1. The number of hydrogen-bond donors (Lipinski definition) is 1. The van der Waals surface area contributed by atoms with E-state index in [9.17, 15) is 4.79 Å². The highest BCUT2D eigenvalue weighted by atomic mass is 35.5. The lowest BCUT2D eigenvalue weighted by molar-refractivity contribution is -0.114. The minimum absolute atomic E-state index is 0.204. The Hall–Kier alpha value is -1.81. The van der Waals surface area contributed by atoms with E-state index >= 15 is 0 Å². The summed E-state index contributed by atoms with van der Waals surface area (Å²) in [7, 11) is 0. The number of nitrogens with one attached hydrogen (secondary N) is 1. The number of aromatic nitrogens is 1. The van der Waals surface area contributed by atoms with Crippen LogP contribution in [0.1, 0.15) is 50.3 Å². The van der Waals surface area contributed by atoms with Gasteiger partial charge in [-0.15, -0.1) is 0 Å². The number of aryl methyl sites for hydroxylation is 3. The number of aldehydes is 1. The fraction of sp³-hybridized carbons (Fsp3) is 0.500. The van der Waals surface area contributed by atoms with Gasteiger partial charge in [0.2, 0.25) is 0 Å². The van der Waals surface area contributed by atoms with Crippen molar-refractivity contribution in [2.24, 2.45) is 5.92 Å². The van der Waals surface area contributed by atoms with Gasteiger partial charge in [0.15, 0.2) is 0 Å². The molecule has 1 atom stereocenters. The van der Waals surface area contributed by atoms with Crippen LogP contribution in [0.4, 0.5) is 5.69 Å². The Kier molecular flexibility index (Phi) is 4.03. The number of benzene rings is 1. The van der Waals surface area contributed by atoms with E-state index in [1.54, 1.807) is 0 Å². The average molecular weight is 361 g/mol. The molecular formula is C20H25ClN2O2. The zero-order valence-electron chi connectivity index (χ0n) is 15.9. The third-order valence-electron chi connectivity index (χ3n) is 5.55. The molecule has 5 heteroatoms. The molecule has 0 radical (unpaired) electrons. The summed E-state index contributed by atoms with van der Waals surface area (Å²) in [5.74, 6) is 0.539. The molecule has 1 N–H and O–H groups in total. The highest BCUT2D eigenvalue weighted by Gasteiger charge is 2.48. The van der Waals surface area contributed by atoms with Gasteiger partial charge < -0.3 is 14.6 Å². The molecule has 1 aromatic heterocycles. The molecule has 0 aliphatic carbocycles. The molecule has 0 bridgehead atoms. The van der Waals surface area contributed by atoms with Crippen molar-refractivity contribution in [3.05, 3.63) is 33.7 Å². The second kappa shape index (κ2) is 5.60. The molecule has 1 unspecified atom stereocenters. The molecular weight excluding hydrogens is 336 g/mol. The predicted molar refractivity (Wildman–Crippen MR) is 101 cm³/mol. The SMILES string of the molecule is Cc1cc(-c2c(C)noc2C)c(Cl)c2c1NC(C)(C)C(C=O)C2(C)C. The van der Waals surface area contributed by atoms with E-state index in [1.807, 2.05) is 13.8 Å². The van der Waals surface area contributed by atoms with E-state index in [2.05, 4.69) is 51.2 Å². The highest BCUT2D eigenvalue weighted by Crippen LogP contribution is 2.53. The molecule has 2 heterocycles. The number of anilines is 1. The first kappa shape index (κ1) is 18.0. The highest BCUT2D eigenvalue weighted by molar-refractivity contribution is 6.35. The lowest BCUT2D eigenvalue weighted by atomic mass is 9.62. The minimum atomic E-state index is -0.400. The van der Waals surface area contributed by atoms with Crippen molar-refractivity contribution in [3.8, 4) is 11.1 Å². The van der Waals surface area contributed by atoms with Crippen LogP contribution in [0, 0.1) is 26.7 Å². The van der Waals surface area contributed by atoms with Crippen LogP contribution in [0.25, 0.3) is 11.1 Å². The van der Waals surface area contributed by atoms with Gasteiger partial charge in [-0.2, -0.15) is 0 Å². The number of carbonyl (C=O) groups is 1. The van der Waals surface area contributed by atoms with E-state index in [4.69, 9.17) is 16.1 Å². The van der Waals surface area contributed by atoms with Crippen LogP contribution < -0.4 is 5.32 Å². The van der Waals surface area contributed by atoms with Crippen LogP contribution in [-0.2, 0) is 10.2 Å². The van der Waals surface area contributed by atoms with E-state index in [0.29, 0.717) is 5.02 Å². The van der Waals surface area contributed by atoms with Crippen molar-refractivity contribution < 1.29 is 9.32 Å². The largest absolute Gasteiger partial charge is 0.379 e. The number of carbonyl (C=O) groups excluding carboxylic acids is 1. The molecule has 0 spiro atoms. The predicted octanol–water partition coefficient (Wildman–Crippen LogP) is 5.22. The molecule has 0 saturated heterocycles. The van der Waals surface area contributed by atoms with Crippen LogP contribution in [0.5, 0.6) is 0 Å². The van der Waals surface area contributed by atoms with Gasteiger partial charge in [0.05, 0.1) is 10.7 Å². The van der Waals surface area contributed by atoms with Gasteiger partial charge in [-0.3, -0.25) is 0 Å². The van der Waals surface area contributed by atoms with Crippen LogP contribution in [0.15, 0.2) is 10.6 Å². The lowest BCUT2D eigenvalue weighted by Gasteiger charge is -2.49. The van der Waals surface area contributed by atoms with Gasteiger partial charge in [0.1, 0.15) is 12.0 Å². The first-order chi connectivity index (χ1) is 11.5. The number of nitrogens with zero attached hydrogens (tertiary/aromatic N) is 1. The van der Waals surface area contributed by atoms with Crippen molar-refractivity contribution in [1.82, 2.24) is 5.16 Å². The van der Waals surface area contributed by atoms with Gasteiger partial charge in [-0.05, 0) is 46.2 Å². The molecule has 3 rings (SSSR count). The zero-order valence-corrected chi connectivity index (χ0v) is 16.6. The topological polar surface area (TPSA) is 55.1 Å². The van der Waals surface area contributed by atoms with Crippen molar-refractivity contribution in [2.75, 3.05) is 5.32 Å². The standard InChI is InChI=1S/C20H25ClN2O2/c1-10-8-13(15-11(2)23-25-12(15)3)17(21)16-18(10)22-20(6,7)14(9-24)19(16,4)5/h8-9,14,22H,1-7H3. The number of rotatable bonds is 2. The third kappa shape index (κ3) is 2.50. The van der Waals surface area contributed by atoms with Crippen molar-refractivity contribution in [1.29, 1.82) is 0 Å². The zero-order chi connectivity index (χ0) is 18.7. The summed E-state index contributed by atoms with van der Waals surface area (Å²) in [5, 5.41) is 8.27. The van der Waals surface area contributed by atoms with Crippen LogP contribution in [0.3, 0.4) is 0 Å². The summed E-state index contributed by atoms with van der Waals surface area (Å²) in [5.41, 5.74) is 5.01. The Morgan fingerprint density at radius 1 is 1.24 bits per heavy atom. The lowest BCUT2D eigenvalue weighted by Crippen LogP contribution is -2.53. The first-order valence-electron chi connectivity index (χ1n) is 8.52. The Morgan fingerprint density at radius 3 is 2.40 bits per heavy atom. The maximum atomic E-state index is 11.9. The summed E-state index contributed by atoms with van der Waals surface area (Å²) < 4.78 is 5.34. The van der Waals surface area contributed by atoms with E-state index in [-0.39, 0.29) is 11.5 Å². The molecule has 4 nitrogen and oxygen atoms in total. The summed E-state index contributed by atoms with van der Waals surface area (Å²) in [4.78, 5) is 11.9. The monoisotopic (exact) mass is 360 g/mol. The summed E-state index contributed by atoms with van der Waals surface area (Å²) in [6.45, 7) is 14.2. The molecule has 1 aromatic carbocycles. The van der Waals surface area contributed by atoms with Crippen LogP contribution in [0.2, 0.25) is 5.02 Å². The molecule has 1 aliphatic heterocycles. The normalized spacial score (nSPS) is 20.7. The van der Waals surface area contributed by atoms with Crippen LogP contribution in [-0.4, -0.2) is 17.0 Å².